The molecule has 0 atom stereocenters. The van der Waals surface area contributed by atoms with Gasteiger partial charge in [-0.1, -0.05) is 6.07 Å². The third-order valence-electron chi connectivity index (χ3n) is 6.90. The number of hydrogen-bond donors (Lipinski definition) is 3. The SMILES string of the molecule is CC(=O)N[C@]1(C)CC[C@@H](Nc2ncc3c(-c4ccc5nc(C)n(CC(F)F)c5c4)c[nH]c3n2)CC1. The molecule has 4 aromatic rings. The van der Waals surface area contributed by atoms with Gasteiger partial charge in [0.15, 0.2) is 0 Å². The Bertz CT molecular complexity index is 1390. The molecule has 10 heteroatoms. The molecule has 35 heavy (non-hydrogen) atoms. The predicted octanol–water partition coefficient (Wildman–Crippen LogP) is 4.80. The molecule has 0 saturated heterocycles. The molecule has 0 unspecified atom stereocenters. The smallest absolute Gasteiger partial charge is 0.256 e. The first kappa shape index (κ1) is 23.2. The zero-order chi connectivity index (χ0) is 24.7. The summed E-state index contributed by atoms with van der Waals surface area (Å²) < 4.78 is 27.7. The van der Waals surface area contributed by atoms with Gasteiger partial charge >= 0.3 is 0 Å². The van der Waals surface area contributed by atoms with Crippen molar-refractivity contribution in [1.29, 1.82) is 0 Å². The minimum absolute atomic E-state index is 0.00278. The number of carbonyl (C=O) groups is 1. The highest BCUT2D eigenvalue weighted by Gasteiger charge is 2.32. The molecule has 184 valence electrons. The largest absolute Gasteiger partial charge is 0.351 e. The topological polar surface area (TPSA) is 101 Å². The van der Waals surface area contributed by atoms with Gasteiger partial charge in [0.25, 0.3) is 6.43 Å². The van der Waals surface area contributed by atoms with Gasteiger partial charge in [-0.05, 0) is 57.2 Å². The number of aryl methyl sites for hydroxylation is 1. The van der Waals surface area contributed by atoms with Crippen molar-refractivity contribution < 1.29 is 13.6 Å². The molecule has 1 saturated carbocycles. The van der Waals surface area contributed by atoms with Crippen molar-refractivity contribution in [3.8, 4) is 11.1 Å². The molecule has 8 nitrogen and oxygen atoms in total. The van der Waals surface area contributed by atoms with Crippen molar-refractivity contribution in [2.75, 3.05) is 5.32 Å². The van der Waals surface area contributed by atoms with Gasteiger partial charge < -0.3 is 20.2 Å². The third-order valence-corrected chi connectivity index (χ3v) is 6.90. The third kappa shape index (κ3) is 4.69. The van der Waals surface area contributed by atoms with Crippen LogP contribution in [0.5, 0.6) is 0 Å². The molecular formula is C25H29F2N7O. The molecule has 1 aromatic carbocycles. The van der Waals surface area contributed by atoms with E-state index in [0.717, 1.165) is 42.2 Å². The number of hydrogen-bond acceptors (Lipinski definition) is 5. The maximum atomic E-state index is 13.1. The number of imidazole rings is 1. The lowest BCUT2D eigenvalue weighted by Crippen LogP contribution is -2.49. The second-order valence-electron chi connectivity index (χ2n) is 9.68. The first-order chi connectivity index (χ1) is 16.7. The number of halogens is 2. The Morgan fingerprint density at radius 1 is 1.29 bits per heavy atom. The fraction of sp³-hybridized carbons (Fsp3) is 0.440. The molecule has 0 aliphatic heterocycles. The Balaban J connectivity index is 1.36. The van der Waals surface area contributed by atoms with Gasteiger partial charge in [0.1, 0.15) is 11.5 Å². The lowest BCUT2D eigenvalue weighted by Gasteiger charge is -2.38. The van der Waals surface area contributed by atoms with Crippen molar-refractivity contribution in [3.63, 3.8) is 0 Å². The fourth-order valence-electron chi connectivity index (χ4n) is 5.13. The first-order valence-corrected chi connectivity index (χ1v) is 11.9. The maximum Gasteiger partial charge on any atom is 0.256 e. The molecule has 1 amide bonds. The van der Waals surface area contributed by atoms with E-state index in [-0.39, 0.29) is 24.0 Å². The molecule has 1 aliphatic carbocycles. The summed E-state index contributed by atoms with van der Waals surface area (Å²) in [5.41, 5.74) is 3.70. The van der Waals surface area contributed by atoms with Crippen LogP contribution in [0.3, 0.4) is 0 Å². The van der Waals surface area contributed by atoms with Gasteiger partial charge in [0.05, 0.1) is 17.6 Å². The molecule has 3 N–H and O–H groups in total. The zero-order valence-electron chi connectivity index (χ0n) is 20.0. The van der Waals surface area contributed by atoms with Crippen LogP contribution >= 0.6 is 0 Å². The van der Waals surface area contributed by atoms with Gasteiger partial charge in [-0.15, -0.1) is 0 Å². The summed E-state index contributed by atoms with van der Waals surface area (Å²) in [6.45, 7) is 5.00. The van der Waals surface area contributed by atoms with Crippen LogP contribution in [0.4, 0.5) is 14.7 Å². The summed E-state index contributed by atoms with van der Waals surface area (Å²) in [5, 5.41) is 7.35. The van der Waals surface area contributed by atoms with Crippen LogP contribution in [0.2, 0.25) is 0 Å². The van der Waals surface area contributed by atoms with Crippen LogP contribution in [0.25, 0.3) is 33.2 Å². The van der Waals surface area contributed by atoms with Gasteiger partial charge in [-0.25, -0.2) is 18.7 Å². The second kappa shape index (κ2) is 8.90. The number of carbonyl (C=O) groups excluding carboxylic acids is 1. The Hall–Kier alpha value is -3.56. The zero-order valence-corrected chi connectivity index (χ0v) is 20.0. The highest BCUT2D eigenvalue weighted by atomic mass is 19.3. The second-order valence-corrected chi connectivity index (χ2v) is 9.68. The predicted molar refractivity (Wildman–Crippen MR) is 131 cm³/mol. The normalized spacial score (nSPS) is 20.6. The van der Waals surface area contributed by atoms with Gasteiger partial charge in [0, 0.05) is 41.8 Å². The lowest BCUT2D eigenvalue weighted by atomic mass is 9.81. The van der Waals surface area contributed by atoms with E-state index in [1.165, 1.54) is 0 Å². The average Bonchev–Trinajstić information content (AvgIpc) is 3.35. The number of aromatic nitrogens is 5. The van der Waals surface area contributed by atoms with E-state index in [4.69, 9.17) is 0 Å². The number of fused-ring (bicyclic) bond motifs is 2. The number of nitrogens with one attached hydrogen (secondary N) is 3. The fourth-order valence-corrected chi connectivity index (χ4v) is 5.13. The summed E-state index contributed by atoms with van der Waals surface area (Å²) in [6, 6.07) is 5.92. The van der Waals surface area contributed by atoms with E-state index in [1.54, 1.807) is 24.6 Å². The van der Waals surface area contributed by atoms with Crippen molar-refractivity contribution in [2.24, 2.45) is 0 Å². The molecule has 0 bridgehead atoms. The number of alkyl halides is 2. The molecule has 3 heterocycles. The van der Waals surface area contributed by atoms with E-state index < -0.39 is 6.43 Å². The maximum absolute atomic E-state index is 13.1. The minimum Gasteiger partial charge on any atom is -0.351 e. The Morgan fingerprint density at radius 2 is 2.06 bits per heavy atom. The number of amides is 1. The van der Waals surface area contributed by atoms with Crippen LogP contribution in [0, 0.1) is 6.92 Å². The van der Waals surface area contributed by atoms with Crippen molar-refractivity contribution in [2.45, 2.75) is 71.0 Å². The molecule has 0 spiro atoms. The van der Waals surface area contributed by atoms with Crippen LogP contribution in [0.15, 0.2) is 30.6 Å². The molecule has 3 aromatic heterocycles. The molecule has 1 fully saturated rings. The van der Waals surface area contributed by atoms with E-state index in [0.29, 0.717) is 28.5 Å². The summed E-state index contributed by atoms with van der Waals surface area (Å²) in [7, 11) is 0. The summed E-state index contributed by atoms with van der Waals surface area (Å²) in [4.78, 5) is 28.3. The Kier molecular flexibility index (Phi) is 5.90. The van der Waals surface area contributed by atoms with E-state index in [2.05, 4.69) is 37.5 Å². The van der Waals surface area contributed by atoms with E-state index in [9.17, 15) is 13.6 Å². The quantitative estimate of drug-likeness (QED) is 0.367. The van der Waals surface area contributed by atoms with Crippen LogP contribution in [-0.2, 0) is 11.3 Å². The number of benzene rings is 1. The number of anilines is 1. The highest BCUT2D eigenvalue weighted by Crippen LogP contribution is 2.32. The number of H-pyrrole nitrogens is 1. The number of nitrogens with zero attached hydrogens (tertiary/aromatic N) is 4. The average molecular weight is 482 g/mol. The van der Waals surface area contributed by atoms with Gasteiger partial charge in [0.2, 0.25) is 11.9 Å². The standard InChI is InChI=1S/C25H29F2N7O/c1-14-30-20-5-4-16(10-21(20)34(14)13-22(26)27)18-11-28-23-19(18)12-29-24(32-23)31-17-6-8-25(3,9-7-17)33-15(2)35/h4-5,10-12,17,22H,6-9,13H2,1-3H3,(H,33,35)(H2,28,29,31,32)/t17-,25-. The lowest BCUT2D eigenvalue weighted by molar-refractivity contribution is -0.121. The minimum atomic E-state index is -2.45. The Morgan fingerprint density at radius 3 is 2.77 bits per heavy atom. The number of rotatable bonds is 6. The molecule has 0 radical (unpaired) electrons. The van der Waals surface area contributed by atoms with E-state index in [1.807, 2.05) is 24.4 Å². The van der Waals surface area contributed by atoms with E-state index >= 15 is 0 Å². The van der Waals surface area contributed by atoms with Crippen LogP contribution < -0.4 is 10.6 Å². The van der Waals surface area contributed by atoms with Crippen LogP contribution in [-0.4, -0.2) is 48.4 Å². The molecular weight excluding hydrogens is 452 g/mol. The van der Waals surface area contributed by atoms with Gasteiger partial charge in [-0.3, -0.25) is 4.79 Å². The summed E-state index contributed by atoms with van der Waals surface area (Å²) in [6.07, 6.45) is 4.81. The molecule has 5 rings (SSSR count). The number of aromatic amines is 1. The summed E-state index contributed by atoms with van der Waals surface area (Å²) in [5.74, 6) is 1.12. The van der Waals surface area contributed by atoms with Gasteiger partial charge in [-0.2, -0.15) is 4.98 Å². The monoisotopic (exact) mass is 481 g/mol. The van der Waals surface area contributed by atoms with Crippen molar-refractivity contribution in [3.05, 3.63) is 36.4 Å². The molecule has 1 aliphatic rings. The van der Waals surface area contributed by atoms with Crippen molar-refractivity contribution >= 4 is 33.9 Å². The van der Waals surface area contributed by atoms with Crippen LogP contribution in [0.1, 0.15) is 45.4 Å². The van der Waals surface area contributed by atoms with Crippen molar-refractivity contribution in [1.82, 2.24) is 29.8 Å². The first-order valence-electron chi connectivity index (χ1n) is 11.9. The highest BCUT2D eigenvalue weighted by molar-refractivity contribution is 5.95. The summed E-state index contributed by atoms with van der Waals surface area (Å²) >= 11 is 0. The Labute approximate surface area is 201 Å².